The largest absolute Gasteiger partial charge is 0.497 e. The molecule has 8 heteroatoms. The van der Waals surface area contributed by atoms with Gasteiger partial charge in [-0.3, -0.25) is 0 Å². The molecule has 0 aliphatic heterocycles. The summed E-state index contributed by atoms with van der Waals surface area (Å²) in [6, 6.07) is 6.88. The second-order valence-electron chi connectivity index (χ2n) is 4.91. The number of aryl methyl sites for hydroxylation is 1. The lowest BCUT2D eigenvalue weighted by molar-refractivity contribution is -0.137. The van der Waals surface area contributed by atoms with Gasteiger partial charge < -0.3 is 9.30 Å². The molecule has 0 amide bonds. The molecule has 0 aliphatic rings. The standard InChI is InChI=1S/C15H11ClF3N3O/c1-22-11-6-9(23-2)4-3-8(11)5-12(22)13-10(15(17,18)19)7-20-14(16)21-13/h3-7H,1-2H3. The Morgan fingerprint density at radius 3 is 2.61 bits per heavy atom. The van der Waals surface area contributed by atoms with Crippen molar-refractivity contribution in [3.63, 3.8) is 0 Å². The van der Waals surface area contributed by atoms with Gasteiger partial charge in [0.15, 0.2) is 0 Å². The Kier molecular flexibility index (Phi) is 3.68. The lowest BCUT2D eigenvalue weighted by atomic mass is 10.1. The van der Waals surface area contributed by atoms with E-state index < -0.39 is 11.7 Å². The molecule has 0 saturated heterocycles. The Labute approximate surface area is 134 Å². The van der Waals surface area contributed by atoms with Crippen molar-refractivity contribution in [1.29, 1.82) is 0 Å². The maximum absolute atomic E-state index is 13.2. The van der Waals surface area contributed by atoms with Crippen LogP contribution in [0.1, 0.15) is 5.56 Å². The van der Waals surface area contributed by atoms with E-state index >= 15 is 0 Å². The van der Waals surface area contributed by atoms with Gasteiger partial charge in [0, 0.05) is 24.7 Å². The van der Waals surface area contributed by atoms with Crippen molar-refractivity contribution in [3.05, 3.63) is 41.3 Å². The summed E-state index contributed by atoms with van der Waals surface area (Å²) >= 11 is 5.70. The molecule has 3 aromatic rings. The van der Waals surface area contributed by atoms with Crippen LogP contribution in [0.4, 0.5) is 13.2 Å². The first-order valence-electron chi connectivity index (χ1n) is 6.55. The van der Waals surface area contributed by atoms with Crippen LogP contribution in [-0.2, 0) is 13.2 Å². The predicted octanol–water partition coefficient (Wildman–Crippen LogP) is 4.32. The van der Waals surface area contributed by atoms with Gasteiger partial charge in [-0.15, -0.1) is 0 Å². The average Bonchev–Trinajstić information content (AvgIpc) is 2.82. The molecule has 0 unspecified atom stereocenters. The number of alkyl halides is 3. The minimum absolute atomic E-state index is 0.240. The van der Waals surface area contributed by atoms with E-state index in [1.54, 1.807) is 35.9 Å². The summed E-state index contributed by atoms with van der Waals surface area (Å²) in [4.78, 5) is 7.24. The van der Waals surface area contributed by atoms with E-state index in [1.807, 2.05) is 0 Å². The quantitative estimate of drug-likeness (QED) is 0.652. The maximum atomic E-state index is 13.2. The molecule has 2 heterocycles. The second-order valence-corrected chi connectivity index (χ2v) is 5.25. The summed E-state index contributed by atoms with van der Waals surface area (Å²) in [5.74, 6) is 0.613. The highest BCUT2D eigenvalue weighted by molar-refractivity contribution is 6.28. The van der Waals surface area contributed by atoms with Crippen LogP contribution in [-0.4, -0.2) is 21.6 Å². The van der Waals surface area contributed by atoms with Gasteiger partial charge in [-0.25, -0.2) is 9.97 Å². The van der Waals surface area contributed by atoms with E-state index in [4.69, 9.17) is 16.3 Å². The third kappa shape index (κ3) is 2.72. The van der Waals surface area contributed by atoms with Crippen LogP contribution >= 0.6 is 11.6 Å². The minimum Gasteiger partial charge on any atom is -0.497 e. The van der Waals surface area contributed by atoms with Crippen LogP contribution in [0.25, 0.3) is 22.3 Å². The fourth-order valence-electron chi connectivity index (χ4n) is 2.43. The van der Waals surface area contributed by atoms with Crippen LogP contribution in [0.3, 0.4) is 0 Å². The highest BCUT2D eigenvalue weighted by atomic mass is 35.5. The van der Waals surface area contributed by atoms with Crippen molar-refractivity contribution in [1.82, 2.24) is 14.5 Å². The predicted molar refractivity (Wildman–Crippen MR) is 80.5 cm³/mol. The van der Waals surface area contributed by atoms with Crippen LogP contribution in [0, 0.1) is 0 Å². The van der Waals surface area contributed by atoms with Gasteiger partial charge in [0.05, 0.1) is 18.3 Å². The highest BCUT2D eigenvalue weighted by Crippen LogP contribution is 2.38. The Morgan fingerprint density at radius 2 is 1.96 bits per heavy atom. The summed E-state index contributed by atoms with van der Waals surface area (Å²) in [6.07, 6.45) is -3.88. The molecular weight excluding hydrogens is 331 g/mol. The first kappa shape index (κ1) is 15.6. The van der Waals surface area contributed by atoms with Crippen molar-refractivity contribution in [3.8, 4) is 17.1 Å². The van der Waals surface area contributed by atoms with Crippen molar-refractivity contribution in [2.45, 2.75) is 6.18 Å². The van der Waals surface area contributed by atoms with Gasteiger partial charge in [0.2, 0.25) is 5.28 Å². The molecule has 0 saturated carbocycles. The topological polar surface area (TPSA) is 39.9 Å². The first-order chi connectivity index (χ1) is 10.8. The van der Waals surface area contributed by atoms with Gasteiger partial charge in [0.1, 0.15) is 17.0 Å². The van der Waals surface area contributed by atoms with E-state index in [9.17, 15) is 13.2 Å². The molecule has 3 rings (SSSR count). The van der Waals surface area contributed by atoms with Crippen LogP contribution in [0.15, 0.2) is 30.5 Å². The van der Waals surface area contributed by atoms with Crippen LogP contribution in [0.5, 0.6) is 5.75 Å². The number of hydrogen-bond acceptors (Lipinski definition) is 3. The van der Waals surface area contributed by atoms with Gasteiger partial charge in [0.25, 0.3) is 0 Å². The normalized spacial score (nSPS) is 11.9. The number of benzene rings is 1. The number of methoxy groups -OCH3 is 1. The average molecular weight is 342 g/mol. The van der Waals surface area contributed by atoms with Crippen LogP contribution < -0.4 is 4.74 Å². The molecule has 4 nitrogen and oxygen atoms in total. The number of hydrogen-bond donors (Lipinski definition) is 0. The fraction of sp³-hybridized carbons (Fsp3) is 0.200. The fourth-order valence-corrected chi connectivity index (χ4v) is 2.56. The minimum atomic E-state index is -4.58. The second kappa shape index (κ2) is 5.42. The molecule has 120 valence electrons. The number of halogens is 4. The zero-order chi connectivity index (χ0) is 16.8. The summed E-state index contributed by atoms with van der Waals surface area (Å²) in [5.41, 5.74) is -0.165. The molecule has 0 atom stereocenters. The molecule has 0 aliphatic carbocycles. The summed E-state index contributed by atoms with van der Waals surface area (Å²) < 4.78 is 46.4. The zero-order valence-corrected chi connectivity index (χ0v) is 12.9. The Hall–Kier alpha value is -2.28. The van der Waals surface area contributed by atoms with E-state index in [-0.39, 0.29) is 11.0 Å². The van der Waals surface area contributed by atoms with E-state index in [0.717, 1.165) is 10.9 Å². The molecule has 0 radical (unpaired) electrons. The molecule has 0 N–H and O–H groups in total. The molecule has 0 fully saturated rings. The van der Waals surface area contributed by atoms with E-state index in [0.29, 0.717) is 17.6 Å². The number of nitrogens with zero attached hydrogens (tertiary/aromatic N) is 3. The molecule has 0 bridgehead atoms. The SMILES string of the molecule is COc1ccc2cc(-c3nc(Cl)ncc3C(F)(F)F)n(C)c2c1. The number of ether oxygens (including phenoxy) is 1. The molecule has 0 spiro atoms. The van der Waals surface area contributed by atoms with Gasteiger partial charge in [-0.05, 0) is 29.8 Å². The summed E-state index contributed by atoms with van der Waals surface area (Å²) in [5, 5.41) is 0.530. The lowest BCUT2D eigenvalue weighted by Gasteiger charge is -2.12. The highest BCUT2D eigenvalue weighted by Gasteiger charge is 2.36. The molecular formula is C15H11ClF3N3O. The lowest BCUT2D eigenvalue weighted by Crippen LogP contribution is -2.10. The third-order valence-electron chi connectivity index (χ3n) is 3.56. The van der Waals surface area contributed by atoms with Gasteiger partial charge >= 0.3 is 6.18 Å². The van der Waals surface area contributed by atoms with Crippen LogP contribution in [0.2, 0.25) is 5.28 Å². The van der Waals surface area contributed by atoms with E-state index in [2.05, 4.69) is 9.97 Å². The Bertz CT molecular complexity index is 890. The monoisotopic (exact) mass is 341 g/mol. The molecule has 23 heavy (non-hydrogen) atoms. The Balaban J connectivity index is 2.29. The van der Waals surface area contributed by atoms with Crippen molar-refractivity contribution in [2.24, 2.45) is 7.05 Å². The van der Waals surface area contributed by atoms with E-state index in [1.165, 1.54) is 7.11 Å². The molecule has 1 aromatic carbocycles. The summed E-state index contributed by atoms with van der Waals surface area (Å²) in [6.45, 7) is 0. The van der Waals surface area contributed by atoms with Crippen molar-refractivity contribution in [2.75, 3.05) is 7.11 Å². The molecule has 2 aromatic heterocycles. The Morgan fingerprint density at radius 1 is 1.22 bits per heavy atom. The number of aromatic nitrogens is 3. The third-order valence-corrected chi connectivity index (χ3v) is 3.74. The van der Waals surface area contributed by atoms with Gasteiger partial charge in [-0.1, -0.05) is 0 Å². The maximum Gasteiger partial charge on any atom is 0.420 e. The number of rotatable bonds is 2. The zero-order valence-electron chi connectivity index (χ0n) is 12.1. The van der Waals surface area contributed by atoms with Crippen molar-refractivity contribution >= 4 is 22.5 Å². The smallest absolute Gasteiger partial charge is 0.420 e. The van der Waals surface area contributed by atoms with Gasteiger partial charge in [-0.2, -0.15) is 13.2 Å². The first-order valence-corrected chi connectivity index (χ1v) is 6.92. The number of fused-ring (bicyclic) bond motifs is 1. The summed E-state index contributed by atoms with van der Waals surface area (Å²) in [7, 11) is 3.18. The van der Waals surface area contributed by atoms with Crippen molar-refractivity contribution < 1.29 is 17.9 Å².